The minimum atomic E-state index is 0.722. The molecule has 3 heteroatoms. The number of hydrogen-bond donors (Lipinski definition) is 0. The Hall–Kier alpha value is -0.570. The van der Waals surface area contributed by atoms with Crippen LogP contribution in [0.25, 0.3) is 0 Å². The predicted octanol–water partition coefficient (Wildman–Crippen LogP) is 2.52. The lowest BCUT2D eigenvalue weighted by atomic mass is 10.1. The van der Waals surface area contributed by atoms with Crippen LogP contribution in [0.4, 0.5) is 0 Å². The summed E-state index contributed by atoms with van der Waals surface area (Å²) in [6.07, 6.45) is 3.54. The molecule has 3 nitrogen and oxygen atoms in total. The SMILES string of the molecule is CCN(CC)CCON=C1CCC(C)C1. The first-order chi connectivity index (χ1) is 7.26. The van der Waals surface area contributed by atoms with E-state index in [1.54, 1.807) is 0 Å². The van der Waals surface area contributed by atoms with Gasteiger partial charge in [-0.15, -0.1) is 0 Å². The molecule has 1 atom stereocenters. The van der Waals surface area contributed by atoms with Gasteiger partial charge in [0, 0.05) is 6.54 Å². The summed E-state index contributed by atoms with van der Waals surface area (Å²) in [6.45, 7) is 10.5. The Morgan fingerprint density at radius 1 is 1.40 bits per heavy atom. The molecule has 0 aromatic heterocycles. The molecule has 1 rings (SSSR count). The van der Waals surface area contributed by atoms with Gasteiger partial charge in [-0.25, -0.2) is 0 Å². The summed E-state index contributed by atoms with van der Waals surface area (Å²) in [6, 6.07) is 0. The second-order valence-electron chi connectivity index (χ2n) is 4.37. The third-order valence-corrected chi connectivity index (χ3v) is 3.10. The highest BCUT2D eigenvalue weighted by Gasteiger charge is 2.16. The van der Waals surface area contributed by atoms with E-state index in [2.05, 4.69) is 30.8 Å². The number of oxime groups is 1. The van der Waals surface area contributed by atoms with Crippen LogP contribution < -0.4 is 0 Å². The molecule has 1 aliphatic rings. The smallest absolute Gasteiger partial charge is 0.129 e. The first-order valence-corrected chi connectivity index (χ1v) is 6.16. The normalized spacial score (nSPS) is 24.0. The highest BCUT2D eigenvalue weighted by molar-refractivity contribution is 5.85. The van der Waals surface area contributed by atoms with Crippen molar-refractivity contribution in [2.45, 2.75) is 40.0 Å². The summed E-state index contributed by atoms with van der Waals surface area (Å²) >= 11 is 0. The summed E-state index contributed by atoms with van der Waals surface area (Å²) in [4.78, 5) is 7.69. The maximum Gasteiger partial charge on any atom is 0.129 e. The number of likely N-dealkylation sites (N-methyl/N-ethyl adjacent to an activating group) is 1. The van der Waals surface area contributed by atoms with E-state index in [4.69, 9.17) is 4.84 Å². The van der Waals surface area contributed by atoms with Crippen molar-refractivity contribution in [3.63, 3.8) is 0 Å². The van der Waals surface area contributed by atoms with Gasteiger partial charge in [-0.2, -0.15) is 0 Å². The van der Waals surface area contributed by atoms with Crippen molar-refractivity contribution in [1.82, 2.24) is 4.90 Å². The summed E-state index contributed by atoms with van der Waals surface area (Å²) in [5, 5.41) is 4.20. The first kappa shape index (κ1) is 12.5. The number of hydrogen-bond acceptors (Lipinski definition) is 3. The van der Waals surface area contributed by atoms with Crippen molar-refractivity contribution >= 4 is 5.71 Å². The van der Waals surface area contributed by atoms with Crippen LogP contribution in [0.5, 0.6) is 0 Å². The van der Waals surface area contributed by atoms with E-state index in [9.17, 15) is 0 Å². The molecule has 0 heterocycles. The lowest BCUT2D eigenvalue weighted by Crippen LogP contribution is -2.26. The highest BCUT2D eigenvalue weighted by Crippen LogP contribution is 2.21. The molecule has 0 aliphatic heterocycles. The maximum atomic E-state index is 5.35. The summed E-state index contributed by atoms with van der Waals surface area (Å²) in [5.74, 6) is 0.801. The van der Waals surface area contributed by atoms with Crippen LogP contribution in [0, 0.1) is 5.92 Å². The molecular weight excluding hydrogens is 188 g/mol. The molecule has 0 amide bonds. The molecule has 88 valence electrons. The molecule has 0 N–H and O–H groups in total. The molecule has 0 saturated heterocycles. The van der Waals surface area contributed by atoms with Crippen LogP contribution in [0.1, 0.15) is 40.0 Å². The Labute approximate surface area is 93.5 Å². The first-order valence-electron chi connectivity index (χ1n) is 6.16. The average molecular weight is 212 g/mol. The molecule has 0 aromatic rings. The minimum absolute atomic E-state index is 0.722. The summed E-state index contributed by atoms with van der Waals surface area (Å²) in [7, 11) is 0. The second kappa shape index (κ2) is 6.83. The van der Waals surface area contributed by atoms with E-state index in [-0.39, 0.29) is 0 Å². The fourth-order valence-corrected chi connectivity index (χ4v) is 1.95. The third-order valence-electron chi connectivity index (χ3n) is 3.10. The Bertz CT molecular complexity index is 200. The zero-order valence-corrected chi connectivity index (χ0v) is 10.3. The number of rotatable bonds is 6. The van der Waals surface area contributed by atoms with Crippen LogP contribution in [0.15, 0.2) is 5.16 Å². The van der Waals surface area contributed by atoms with Crippen molar-refractivity contribution in [3.8, 4) is 0 Å². The highest BCUT2D eigenvalue weighted by atomic mass is 16.6. The van der Waals surface area contributed by atoms with Gasteiger partial charge in [-0.1, -0.05) is 25.9 Å². The minimum Gasteiger partial charge on any atom is -0.394 e. The molecule has 0 aromatic carbocycles. The summed E-state index contributed by atoms with van der Waals surface area (Å²) in [5.41, 5.74) is 1.25. The van der Waals surface area contributed by atoms with Crippen LogP contribution in [0.3, 0.4) is 0 Å². The lowest BCUT2D eigenvalue weighted by Gasteiger charge is -2.16. The molecule has 1 aliphatic carbocycles. The molecule has 1 saturated carbocycles. The van der Waals surface area contributed by atoms with Gasteiger partial charge >= 0.3 is 0 Å². The van der Waals surface area contributed by atoms with Crippen molar-refractivity contribution in [1.29, 1.82) is 0 Å². The van der Waals surface area contributed by atoms with Crippen molar-refractivity contribution in [2.24, 2.45) is 11.1 Å². The van der Waals surface area contributed by atoms with Gasteiger partial charge < -0.3 is 9.74 Å². The topological polar surface area (TPSA) is 24.8 Å². The summed E-state index contributed by atoms with van der Waals surface area (Å²) < 4.78 is 0. The second-order valence-corrected chi connectivity index (χ2v) is 4.37. The Morgan fingerprint density at radius 2 is 2.13 bits per heavy atom. The van der Waals surface area contributed by atoms with Crippen LogP contribution in [-0.2, 0) is 4.84 Å². The third kappa shape index (κ3) is 4.65. The molecule has 15 heavy (non-hydrogen) atoms. The molecule has 0 radical (unpaired) electrons. The van der Waals surface area contributed by atoms with Gasteiger partial charge in [0.2, 0.25) is 0 Å². The number of nitrogens with zero attached hydrogens (tertiary/aromatic N) is 2. The van der Waals surface area contributed by atoms with Crippen molar-refractivity contribution < 1.29 is 4.84 Å². The zero-order valence-electron chi connectivity index (χ0n) is 10.3. The van der Waals surface area contributed by atoms with Crippen molar-refractivity contribution in [2.75, 3.05) is 26.2 Å². The monoisotopic (exact) mass is 212 g/mol. The average Bonchev–Trinajstić information content (AvgIpc) is 2.65. The molecular formula is C12H24N2O. The largest absolute Gasteiger partial charge is 0.394 e. The van der Waals surface area contributed by atoms with Crippen LogP contribution in [-0.4, -0.2) is 36.9 Å². The van der Waals surface area contributed by atoms with Gasteiger partial charge in [0.25, 0.3) is 0 Å². The zero-order chi connectivity index (χ0) is 11.1. The fraction of sp³-hybridized carbons (Fsp3) is 0.917. The lowest BCUT2D eigenvalue weighted by molar-refractivity contribution is 0.113. The van der Waals surface area contributed by atoms with Crippen LogP contribution in [0.2, 0.25) is 0 Å². The van der Waals surface area contributed by atoms with E-state index < -0.39 is 0 Å². The molecule has 1 unspecified atom stereocenters. The van der Waals surface area contributed by atoms with E-state index in [0.29, 0.717) is 0 Å². The van der Waals surface area contributed by atoms with Gasteiger partial charge in [-0.3, -0.25) is 0 Å². The Morgan fingerprint density at radius 3 is 2.67 bits per heavy atom. The van der Waals surface area contributed by atoms with E-state index in [0.717, 1.165) is 45.0 Å². The van der Waals surface area contributed by atoms with Gasteiger partial charge in [0.1, 0.15) is 6.61 Å². The van der Waals surface area contributed by atoms with Crippen molar-refractivity contribution in [3.05, 3.63) is 0 Å². The fourth-order valence-electron chi connectivity index (χ4n) is 1.95. The quantitative estimate of drug-likeness (QED) is 0.499. The van der Waals surface area contributed by atoms with Gasteiger partial charge in [0.15, 0.2) is 0 Å². The van der Waals surface area contributed by atoms with E-state index in [1.807, 2.05) is 0 Å². The molecule has 1 fully saturated rings. The molecule has 0 bridgehead atoms. The Balaban J connectivity index is 2.10. The van der Waals surface area contributed by atoms with Gasteiger partial charge in [-0.05, 0) is 38.3 Å². The van der Waals surface area contributed by atoms with E-state index in [1.165, 1.54) is 12.1 Å². The molecule has 0 spiro atoms. The Kier molecular flexibility index (Phi) is 5.69. The predicted molar refractivity (Wildman–Crippen MR) is 64.2 cm³/mol. The van der Waals surface area contributed by atoms with Gasteiger partial charge in [0.05, 0.1) is 5.71 Å². The van der Waals surface area contributed by atoms with Crippen LogP contribution >= 0.6 is 0 Å². The standard InChI is InChI=1S/C12H24N2O/c1-4-14(5-2)8-9-15-13-12-7-6-11(3)10-12/h11H,4-10H2,1-3H3. The maximum absolute atomic E-state index is 5.35. The van der Waals surface area contributed by atoms with E-state index >= 15 is 0 Å².